The zero-order valence-corrected chi connectivity index (χ0v) is 21.9. The third-order valence-corrected chi connectivity index (χ3v) is 6.20. The number of nitrogens with one attached hydrogen (secondary N) is 2. The first kappa shape index (κ1) is 25.2. The topological polar surface area (TPSA) is 117 Å². The second-order valence-corrected chi connectivity index (χ2v) is 9.92. The van der Waals surface area contributed by atoms with Crippen molar-refractivity contribution in [3.63, 3.8) is 0 Å². The van der Waals surface area contributed by atoms with Crippen molar-refractivity contribution in [1.29, 1.82) is 0 Å². The zero-order chi connectivity index (χ0) is 26.9. The van der Waals surface area contributed by atoms with Crippen LogP contribution in [0.5, 0.6) is 0 Å². The minimum Gasteiger partial charge on any atom is -0.384 e. The van der Waals surface area contributed by atoms with Crippen LogP contribution in [0.2, 0.25) is 0 Å². The number of benzene rings is 1. The summed E-state index contributed by atoms with van der Waals surface area (Å²) in [5, 5.41) is 13.6. The highest BCUT2D eigenvalue weighted by Gasteiger charge is 2.19. The summed E-state index contributed by atoms with van der Waals surface area (Å²) in [6, 6.07) is 20.9. The predicted octanol–water partition coefficient (Wildman–Crippen LogP) is 4.94. The molecule has 0 aliphatic rings. The van der Waals surface area contributed by atoms with Gasteiger partial charge in [0, 0.05) is 47.2 Å². The molecule has 5 aromatic rings. The van der Waals surface area contributed by atoms with Gasteiger partial charge in [0.25, 0.3) is 5.56 Å². The minimum absolute atomic E-state index is 0.265. The first-order chi connectivity index (χ1) is 18.2. The van der Waals surface area contributed by atoms with E-state index in [9.17, 15) is 9.90 Å². The summed E-state index contributed by atoms with van der Waals surface area (Å²) < 4.78 is 0. The van der Waals surface area contributed by atoms with Crippen molar-refractivity contribution in [3.05, 3.63) is 99.9 Å². The number of hydrogen-bond donors (Lipinski definition) is 3. The van der Waals surface area contributed by atoms with Crippen molar-refractivity contribution in [2.45, 2.75) is 39.7 Å². The van der Waals surface area contributed by atoms with Gasteiger partial charge < -0.3 is 15.4 Å². The van der Waals surface area contributed by atoms with Crippen LogP contribution < -0.4 is 10.9 Å². The number of aryl methyl sites for hydroxylation is 2. The number of aromatic amines is 1. The quantitative estimate of drug-likeness (QED) is 0.286. The number of fused-ring (bicyclic) bond motifs is 1. The van der Waals surface area contributed by atoms with E-state index >= 15 is 0 Å². The fraction of sp³-hybridized carbons (Fsp3) is 0.233. The predicted molar refractivity (Wildman–Crippen MR) is 150 cm³/mol. The molecule has 8 heteroatoms. The smallest absolute Gasteiger partial charge is 0.251 e. The summed E-state index contributed by atoms with van der Waals surface area (Å²) in [6.45, 7) is 7.86. The van der Waals surface area contributed by atoms with Crippen LogP contribution >= 0.6 is 0 Å². The van der Waals surface area contributed by atoms with E-state index in [1.807, 2.05) is 74.5 Å². The van der Waals surface area contributed by atoms with Gasteiger partial charge in [-0.3, -0.25) is 14.8 Å². The van der Waals surface area contributed by atoms with E-state index < -0.39 is 5.60 Å². The molecular weight excluding hydrogens is 476 g/mol. The first-order valence-corrected chi connectivity index (χ1v) is 12.6. The molecule has 0 saturated heterocycles. The van der Waals surface area contributed by atoms with E-state index in [0.29, 0.717) is 46.9 Å². The van der Waals surface area contributed by atoms with E-state index in [4.69, 9.17) is 9.97 Å². The van der Waals surface area contributed by atoms with Crippen molar-refractivity contribution < 1.29 is 5.11 Å². The number of aromatic nitrogens is 5. The van der Waals surface area contributed by atoms with Crippen molar-refractivity contribution in [2.24, 2.45) is 0 Å². The summed E-state index contributed by atoms with van der Waals surface area (Å²) in [5.74, 6) is 0. The lowest BCUT2D eigenvalue weighted by molar-refractivity contribution is 0.0736. The van der Waals surface area contributed by atoms with Gasteiger partial charge in [-0.1, -0.05) is 36.4 Å². The Morgan fingerprint density at radius 1 is 0.842 bits per heavy atom. The maximum absolute atomic E-state index is 12.6. The van der Waals surface area contributed by atoms with Crippen molar-refractivity contribution in [1.82, 2.24) is 24.9 Å². The van der Waals surface area contributed by atoms with Gasteiger partial charge in [-0.2, -0.15) is 0 Å². The summed E-state index contributed by atoms with van der Waals surface area (Å²) in [5.41, 5.74) is 6.75. The van der Waals surface area contributed by atoms with Crippen LogP contribution in [0.15, 0.2) is 71.5 Å². The van der Waals surface area contributed by atoms with Crippen LogP contribution in [0.1, 0.15) is 36.6 Å². The average Bonchev–Trinajstić information content (AvgIpc) is 2.87. The number of pyridine rings is 3. The molecule has 192 valence electrons. The van der Waals surface area contributed by atoms with Gasteiger partial charge in [-0.15, -0.1) is 0 Å². The van der Waals surface area contributed by atoms with E-state index in [1.54, 1.807) is 13.8 Å². The zero-order valence-electron chi connectivity index (χ0n) is 21.9. The lowest BCUT2D eigenvalue weighted by atomic mass is 10.0. The number of hydrogen-bond acceptors (Lipinski definition) is 7. The molecule has 0 spiro atoms. The number of nitrogens with zero attached hydrogens (tertiary/aromatic N) is 4. The number of aliphatic hydroxyl groups is 1. The molecule has 0 bridgehead atoms. The highest BCUT2D eigenvalue weighted by Crippen LogP contribution is 2.32. The van der Waals surface area contributed by atoms with Gasteiger partial charge in [0.1, 0.15) is 11.1 Å². The molecule has 0 atom stereocenters. The molecule has 5 rings (SSSR count). The summed E-state index contributed by atoms with van der Waals surface area (Å²) in [6.07, 6.45) is 0.601. The molecule has 0 aliphatic carbocycles. The third kappa shape index (κ3) is 5.45. The maximum Gasteiger partial charge on any atom is 0.251 e. The van der Waals surface area contributed by atoms with Gasteiger partial charge in [0.05, 0.1) is 22.8 Å². The third-order valence-electron chi connectivity index (χ3n) is 6.20. The van der Waals surface area contributed by atoms with Crippen LogP contribution in [0.4, 0.5) is 5.69 Å². The molecule has 1 aromatic carbocycles. The Balaban J connectivity index is 1.56. The number of anilines is 1. The number of rotatable bonds is 7. The molecule has 0 radical (unpaired) electrons. The Labute approximate surface area is 220 Å². The second kappa shape index (κ2) is 10.1. The molecule has 0 fully saturated rings. The molecule has 0 aliphatic heterocycles. The Morgan fingerprint density at radius 3 is 2.26 bits per heavy atom. The van der Waals surface area contributed by atoms with Crippen LogP contribution in [0.25, 0.3) is 33.7 Å². The van der Waals surface area contributed by atoms with Crippen LogP contribution in [-0.2, 0) is 12.0 Å². The lowest BCUT2D eigenvalue weighted by Crippen LogP contribution is -2.18. The monoisotopic (exact) mass is 506 g/mol. The molecule has 0 unspecified atom stereocenters. The fourth-order valence-electron chi connectivity index (χ4n) is 4.45. The minimum atomic E-state index is -1.02. The highest BCUT2D eigenvalue weighted by atomic mass is 16.3. The van der Waals surface area contributed by atoms with Crippen molar-refractivity contribution >= 4 is 16.9 Å². The molecule has 3 N–H and O–H groups in total. The van der Waals surface area contributed by atoms with Gasteiger partial charge in [-0.25, -0.2) is 9.97 Å². The largest absolute Gasteiger partial charge is 0.384 e. The van der Waals surface area contributed by atoms with Gasteiger partial charge in [-0.05, 0) is 52.0 Å². The maximum atomic E-state index is 12.6. The molecule has 4 heterocycles. The normalized spacial score (nSPS) is 11.6. The van der Waals surface area contributed by atoms with Gasteiger partial charge in [0.15, 0.2) is 5.65 Å². The van der Waals surface area contributed by atoms with Crippen LogP contribution in [0.3, 0.4) is 0 Å². The Morgan fingerprint density at radius 2 is 1.55 bits per heavy atom. The Hall–Kier alpha value is -4.43. The van der Waals surface area contributed by atoms with E-state index in [1.165, 1.54) is 6.07 Å². The second-order valence-electron chi connectivity index (χ2n) is 9.92. The molecule has 38 heavy (non-hydrogen) atoms. The summed E-state index contributed by atoms with van der Waals surface area (Å²) >= 11 is 0. The van der Waals surface area contributed by atoms with Crippen LogP contribution in [-0.4, -0.2) is 36.6 Å². The van der Waals surface area contributed by atoms with Crippen LogP contribution in [0, 0.1) is 13.8 Å². The lowest BCUT2D eigenvalue weighted by Gasteiger charge is -2.17. The fourth-order valence-corrected chi connectivity index (χ4v) is 4.45. The van der Waals surface area contributed by atoms with E-state index in [0.717, 1.165) is 28.2 Å². The van der Waals surface area contributed by atoms with Gasteiger partial charge in [0.2, 0.25) is 0 Å². The Bertz CT molecular complexity index is 1650. The molecular formula is C30H30N6O2. The Kier molecular flexibility index (Phi) is 6.73. The SMILES string of the molecule is Cc1cc(-c2nc3c(NCCc4cccc(C(C)(C)O)n4)cc(=O)[nH]c3nc2-c2ccccc2)cc(C)n1. The van der Waals surface area contributed by atoms with Crippen molar-refractivity contribution in [3.8, 4) is 22.5 Å². The van der Waals surface area contributed by atoms with E-state index in [-0.39, 0.29) is 5.56 Å². The van der Waals surface area contributed by atoms with Crippen molar-refractivity contribution in [2.75, 3.05) is 11.9 Å². The summed E-state index contributed by atoms with van der Waals surface area (Å²) in [4.78, 5) is 34.5. The molecule has 0 amide bonds. The molecule has 4 aromatic heterocycles. The summed E-state index contributed by atoms with van der Waals surface area (Å²) in [7, 11) is 0. The van der Waals surface area contributed by atoms with E-state index in [2.05, 4.69) is 20.3 Å². The standard InChI is InChI=1S/C30H30N6O2/c1-18-15-21(16-19(2)32-18)27-26(20-9-6-5-7-10-20)36-29-28(35-27)23(17-25(37)34-29)31-14-13-22-11-8-12-24(33-22)30(3,4)38/h5-12,15-17,38H,13-14H2,1-4H3,(H2,31,34,36,37). The highest BCUT2D eigenvalue weighted by molar-refractivity contribution is 5.91. The molecule has 0 saturated carbocycles. The molecule has 8 nitrogen and oxygen atoms in total. The first-order valence-electron chi connectivity index (χ1n) is 12.6. The average molecular weight is 507 g/mol. The number of H-pyrrole nitrogens is 1. The van der Waals surface area contributed by atoms with Gasteiger partial charge >= 0.3 is 0 Å².